The Kier molecular flexibility index (Phi) is 3.52. The smallest absolute Gasteiger partial charge is 0.338 e. The van der Waals surface area contributed by atoms with Crippen molar-refractivity contribution in [1.82, 2.24) is 4.98 Å². The number of ether oxygens (including phenoxy) is 1. The Labute approximate surface area is 117 Å². The zero-order chi connectivity index (χ0) is 13.4. The number of methoxy groups -OCH3 is 1. The first-order valence-corrected chi connectivity index (χ1v) is 5.84. The molecule has 2 rings (SSSR count). The Bertz CT molecular complexity index is 658. The summed E-state index contributed by atoms with van der Waals surface area (Å²) >= 11 is 18.0. The number of carboxylic acid groups (broad SMARTS) is 1. The Morgan fingerprint density at radius 1 is 1.33 bits per heavy atom. The van der Waals surface area contributed by atoms with Gasteiger partial charge in [-0.1, -0.05) is 34.8 Å². The molecule has 0 amide bonds. The van der Waals surface area contributed by atoms with Gasteiger partial charge in [0.25, 0.3) is 0 Å². The largest absolute Gasteiger partial charge is 0.493 e. The van der Waals surface area contributed by atoms with E-state index in [9.17, 15) is 4.79 Å². The Morgan fingerprint density at radius 2 is 2.00 bits per heavy atom. The number of pyridine rings is 1. The number of rotatable bonds is 2. The third-order valence-corrected chi connectivity index (χ3v) is 3.35. The molecule has 94 valence electrons. The minimum Gasteiger partial charge on any atom is -0.493 e. The van der Waals surface area contributed by atoms with E-state index < -0.39 is 5.97 Å². The van der Waals surface area contributed by atoms with E-state index in [2.05, 4.69) is 4.98 Å². The predicted molar refractivity (Wildman–Crippen MR) is 70.3 cm³/mol. The van der Waals surface area contributed by atoms with Crippen molar-refractivity contribution in [2.45, 2.75) is 0 Å². The molecular formula is C11H6Cl3NO3. The second-order valence-corrected chi connectivity index (χ2v) is 4.58. The monoisotopic (exact) mass is 305 g/mol. The summed E-state index contributed by atoms with van der Waals surface area (Å²) in [4.78, 5) is 15.0. The Morgan fingerprint density at radius 3 is 2.56 bits per heavy atom. The average Bonchev–Trinajstić information content (AvgIpc) is 2.28. The van der Waals surface area contributed by atoms with Gasteiger partial charge in [-0.25, -0.2) is 4.79 Å². The van der Waals surface area contributed by atoms with Gasteiger partial charge in [0, 0.05) is 11.6 Å². The zero-order valence-electron chi connectivity index (χ0n) is 9.00. The summed E-state index contributed by atoms with van der Waals surface area (Å²) in [7, 11) is 1.43. The van der Waals surface area contributed by atoms with E-state index in [0.717, 1.165) is 6.20 Å². The van der Waals surface area contributed by atoms with E-state index in [-0.39, 0.29) is 20.6 Å². The summed E-state index contributed by atoms with van der Waals surface area (Å²) < 4.78 is 5.11. The molecule has 0 radical (unpaired) electrons. The van der Waals surface area contributed by atoms with Gasteiger partial charge in [0.05, 0.1) is 27.7 Å². The number of nitrogens with zero attached hydrogens (tertiary/aromatic N) is 1. The maximum Gasteiger partial charge on any atom is 0.338 e. The molecule has 0 aliphatic heterocycles. The number of halogens is 3. The van der Waals surface area contributed by atoms with Crippen LogP contribution in [0.5, 0.6) is 5.75 Å². The molecule has 0 spiro atoms. The highest BCUT2D eigenvalue weighted by molar-refractivity contribution is 6.45. The molecule has 0 fully saturated rings. The lowest BCUT2D eigenvalue weighted by atomic mass is 10.1. The van der Waals surface area contributed by atoms with Crippen LogP contribution in [0.3, 0.4) is 0 Å². The molecule has 7 heteroatoms. The van der Waals surface area contributed by atoms with Gasteiger partial charge in [0.2, 0.25) is 0 Å². The number of benzene rings is 1. The first kappa shape index (κ1) is 13.2. The summed E-state index contributed by atoms with van der Waals surface area (Å²) in [5, 5.41) is 9.78. The molecule has 0 atom stereocenters. The molecular weight excluding hydrogens is 300 g/mol. The topological polar surface area (TPSA) is 59.4 Å². The number of hydrogen-bond acceptors (Lipinski definition) is 3. The summed E-state index contributed by atoms with van der Waals surface area (Å²) in [6, 6.07) is 1.43. The van der Waals surface area contributed by atoms with Crippen LogP contribution in [-0.2, 0) is 0 Å². The molecule has 4 nitrogen and oxygen atoms in total. The molecule has 0 saturated carbocycles. The van der Waals surface area contributed by atoms with Gasteiger partial charge < -0.3 is 9.84 Å². The molecule has 0 aliphatic carbocycles. The Hall–Kier alpha value is -1.23. The van der Waals surface area contributed by atoms with Gasteiger partial charge in [-0.05, 0) is 6.07 Å². The fraction of sp³-hybridized carbons (Fsp3) is 0.0909. The van der Waals surface area contributed by atoms with Crippen LogP contribution in [0.15, 0.2) is 12.3 Å². The van der Waals surface area contributed by atoms with E-state index in [1.165, 1.54) is 13.2 Å². The lowest BCUT2D eigenvalue weighted by Crippen LogP contribution is -2.00. The number of hydrogen-bond donors (Lipinski definition) is 1. The van der Waals surface area contributed by atoms with Crippen molar-refractivity contribution >= 4 is 51.7 Å². The predicted octanol–water partition coefficient (Wildman–Crippen LogP) is 3.90. The second kappa shape index (κ2) is 4.80. The molecule has 1 heterocycles. The van der Waals surface area contributed by atoms with E-state index in [1.54, 1.807) is 0 Å². The quantitative estimate of drug-likeness (QED) is 0.914. The minimum absolute atomic E-state index is 0.00691. The average molecular weight is 307 g/mol. The van der Waals surface area contributed by atoms with E-state index in [1.807, 2.05) is 0 Å². The van der Waals surface area contributed by atoms with Crippen molar-refractivity contribution in [3.05, 3.63) is 32.9 Å². The lowest BCUT2D eigenvalue weighted by Gasteiger charge is -2.10. The van der Waals surface area contributed by atoms with Crippen LogP contribution in [-0.4, -0.2) is 23.2 Å². The number of aromatic carboxylic acids is 1. The van der Waals surface area contributed by atoms with E-state index in [0.29, 0.717) is 16.7 Å². The van der Waals surface area contributed by atoms with Gasteiger partial charge >= 0.3 is 5.97 Å². The molecule has 1 N–H and O–H groups in total. The van der Waals surface area contributed by atoms with Crippen LogP contribution in [0, 0.1) is 0 Å². The van der Waals surface area contributed by atoms with Crippen LogP contribution in [0.4, 0.5) is 0 Å². The van der Waals surface area contributed by atoms with Crippen molar-refractivity contribution in [3.63, 3.8) is 0 Å². The van der Waals surface area contributed by atoms with E-state index in [4.69, 9.17) is 44.6 Å². The second-order valence-electron chi connectivity index (χ2n) is 3.39. The van der Waals surface area contributed by atoms with Gasteiger partial charge in [0.1, 0.15) is 5.52 Å². The zero-order valence-corrected chi connectivity index (χ0v) is 11.3. The van der Waals surface area contributed by atoms with E-state index >= 15 is 0 Å². The maximum absolute atomic E-state index is 11.0. The highest BCUT2D eigenvalue weighted by Crippen LogP contribution is 2.40. The number of carbonyl (C=O) groups is 1. The highest BCUT2D eigenvalue weighted by Gasteiger charge is 2.19. The molecule has 18 heavy (non-hydrogen) atoms. The molecule has 1 aromatic carbocycles. The molecule has 0 bridgehead atoms. The van der Waals surface area contributed by atoms with Gasteiger partial charge in [-0.15, -0.1) is 0 Å². The lowest BCUT2D eigenvalue weighted by molar-refractivity contribution is 0.0697. The third kappa shape index (κ3) is 1.96. The summed E-state index contributed by atoms with van der Waals surface area (Å²) in [6.45, 7) is 0. The Balaban J connectivity index is 2.95. The van der Waals surface area contributed by atoms with Gasteiger partial charge in [-0.2, -0.15) is 0 Å². The molecule has 0 aliphatic rings. The van der Waals surface area contributed by atoms with Crippen LogP contribution in [0.25, 0.3) is 10.9 Å². The van der Waals surface area contributed by atoms with Crippen molar-refractivity contribution in [2.24, 2.45) is 0 Å². The standard InChI is InChI=1S/C11H6Cl3NO3/c1-18-10-6(13)2-5(12)7-8(14)4(11(16)17)3-15-9(7)10/h2-3H,1H3,(H,16,17). The third-order valence-electron chi connectivity index (χ3n) is 2.37. The number of fused-ring (bicyclic) bond motifs is 1. The molecule has 0 unspecified atom stereocenters. The van der Waals surface area contributed by atoms with Gasteiger partial charge in [0.15, 0.2) is 5.75 Å². The van der Waals surface area contributed by atoms with Crippen molar-refractivity contribution in [1.29, 1.82) is 0 Å². The highest BCUT2D eigenvalue weighted by atomic mass is 35.5. The van der Waals surface area contributed by atoms with Crippen molar-refractivity contribution < 1.29 is 14.6 Å². The fourth-order valence-electron chi connectivity index (χ4n) is 1.58. The van der Waals surface area contributed by atoms with Crippen molar-refractivity contribution in [3.8, 4) is 5.75 Å². The number of carboxylic acids is 1. The summed E-state index contributed by atoms with van der Waals surface area (Å²) in [5.41, 5.74) is 0.195. The normalized spacial score (nSPS) is 10.7. The van der Waals surface area contributed by atoms with Crippen molar-refractivity contribution in [2.75, 3.05) is 7.11 Å². The van der Waals surface area contributed by atoms with Gasteiger partial charge in [-0.3, -0.25) is 4.98 Å². The number of aromatic nitrogens is 1. The first-order chi connectivity index (χ1) is 8.47. The van der Waals surface area contributed by atoms with Crippen LogP contribution in [0.1, 0.15) is 10.4 Å². The molecule has 0 saturated heterocycles. The van der Waals surface area contributed by atoms with Crippen LogP contribution >= 0.6 is 34.8 Å². The van der Waals surface area contributed by atoms with Crippen LogP contribution < -0.4 is 4.74 Å². The minimum atomic E-state index is -1.18. The summed E-state index contributed by atoms with van der Waals surface area (Å²) in [5.74, 6) is -0.880. The molecule has 1 aromatic heterocycles. The summed E-state index contributed by atoms with van der Waals surface area (Å²) in [6.07, 6.45) is 1.14. The van der Waals surface area contributed by atoms with Crippen LogP contribution in [0.2, 0.25) is 15.1 Å². The fourth-order valence-corrected chi connectivity index (χ4v) is 2.58. The first-order valence-electron chi connectivity index (χ1n) is 4.70. The SMILES string of the molecule is COc1c(Cl)cc(Cl)c2c(Cl)c(C(=O)O)cnc12. The maximum atomic E-state index is 11.0. The molecule has 2 aromatic rings.